The van der Waals surface area contributed by atoms with E-state index < -0.39 is 11.6 Å². The summed E-state index contributed by atoms with van der Waals surface area (Å²) in [4.78, 5) is 0. The van der Waals surface area contributed by atoms with Crippen LogP contribution in [0.2, 0.25) is 0 Å². The Hall–Kier alpha value is -0.640. The van der Waals surface area contributed by atoms with Crippen molar-refractivity contribution in [2.75, 3.05) is 5.32 Å². The Balaban J connectivity index is 2.09. The summed E-state index contributed by atoms with van der Waals surface area (Å²) >= 11 is 2.97. The molecule has 1 saturated carbocycles. The van der Waals surface area contributed by atoms with Crippen LogP contribution in [0, 0.1) is 17.6 Å². The number of anilines is 1. The topological polar surface area (TPSA) is 12.0 Å². The molecule has 0 aromatic heterocycles. The summed E-state index contributed by atoms with van der Waals surface area (Å²) in [7, 11) is 0. The third kappa shape index (κ3) is 2.97. The molecule has 17 heavy (non-hydrogen) atoms. The molecule has 1 aromatic rings. The molecule has 1 fully saturated rings. The van der Waals surface area contributed by atoms with Crippen LogP contribution < -0.4 is 5.32 Å². The monoisotopic (exact) mass is 303 g/mol. The van der Waals surface area contributed by atoms with Crippen LogP contribution in [0.15, 0.2) is 16.6 Å². The number of rotatable bonds is 3. The van der Waals surface area contributed by atoms with E-state index in [1.807, 2.05) is 6.92 Å². The zero-order chi connectivity index (χ0) is 12.4. The lowest BCUT2D eigenvalue weighted by atomic mass is 9.99. The first-order valence-corrected chi connectivity index (χ1v) is 6.78. The van der Waals surface area contributed by atoms with E-state index in [-0.39, 0.29) is 16.2 Å². The van der Waals surface area contributed by atoms with Crippen molar-refractivity contribution in [2.24, 2.45) is 5.92 Å². The van der Waals surface area contributed by atoms with Gasteiger partial charge in [-0.1, -0.05) is 12.8 Å². The van der Waals surface area contributed by atoms with Crippen molar-refractivity contribution in [3.8, 4) is 0 Å². The van der Waals surface area contributed by atoms with Crippen LogP contribution in [0.25, 0.3) is 0 Å². The molecule has 0 amide bonds. The van der Waals surface area contributed by atoms with E-state index in [4.69, 9.17) is 0 Å². The van der Waals surface area contributed by atoms with Crippen LogP contribution in [0.1, 0.15) is 32.6 Å². The van der Waals surface area contributed by atoms with Crippen molar-refractivity contribution in [3.63, 3.8) is 0 Å². The lowest BCUT2D eigenvalue weighted by Crippen LogP contribution is -2.24. The molecule has 94 valence electrons. The molecule has 1 nitrogen and oxygen atoms in total. The SMILES string of the molecule is CC(Nc1cc(F)c(Br)cc1F)C1CCCC1. The molecule has 2 rings (SSSR count). The highest BCUT2D eigenvalue weighted by Crippen LogP contribution is 2.30. The average molecular weight is 304 g/mol. The molecule has 1 aromatic carbocycles. The molecule has 4 heteroatoms. The Labute approximate surface area is 109 Å². The van der Waals surface area contributed by atoms with Crippen molar-refractivity contribution >= 4 is 21.6 Å². The first kappa shape index (κ1) is 12.8. The fourth-order valence-electron chi connectivity index (χ4n) is 2.45. The summed E-state index contributed by atoms with van der Waals surface area (Å²) in [6.07, 6.45) is 4.84. The molecule has 1 aliphatic carbocycles. The van der Waals surface area contributed by atoms with Crippen LogP contribution in [-0.4, -0.2) is 6.04 Å². The van der Waals surface area contributed by atoms with Gasteiger partial charge in [-0.25, -0.2) is 8.78 Å². The normalized spacial score (nSPS) is 18.4. The smallest absolute Gasteiger partial charge is 0.147 e. The molecular formula is C13H16BrF2N. The standard InChI is InChI=1S/C13H16BrF2N/c1-8(9-4-2-3-5-9)17-13-7-11(15)10(14)6-12(13)16/h6-9,17H,2-5H2,1H3. The average Bonchev–Trinajstić information content (AvgIpc) is 2.79. The Morgan fingerprint density at radius 3 is 2.53 bits per heavy atom. The summed E-state index contributed by atoms with van der Waals surface area (Å²) in [5, 5.41) is 3.08. The first-order chi connectivity index (χ1) is 8.08. The first-order valence-electron chi connectivity index (χ1n) is 5.99. The molecule has 0 saturated heterocycles. The van der Waals surface area contributed by atoms with Gasteiger partial charge in [0, 0.05) is 12.1 Å². The number of nitrogens with one attached hydrogen (secondary N) is 1. The molecule has 1 unspecified atom stereocenters. The van der Waals surface area contributed by atoms with E-state index in [0.29, 0.717) is 5.92 Å². The van der Waals surface area contributed by atoms with E-state index in [1.54, 1.807) is 0 Å². The fraction of sp³-hybridized carbons (Fsp3) is 0.538. The minimum atomic E-state index is -0.437. The molecule has 0 spiro atoms. The maximum atomic E-state index is 13.6. The minimum absolute atomic E-state index is 0.161. The zero-order valence-corrected chi connectivity index (χ0v) is 11.4. The predicted octanol–water partition coefficient (Wildman–Crippen LogP) is 4.72. The van der Waals surface area contributed by atoms with Gasteiger partial charge in [-0.05, 0) is 47.7 Å². The summed E-state index contributed by atoms with van der Waals surface area (Å²) in [6, 6.07) is 2.57. The van der Waals surface area contributed by atoms with Crippen LogP contribution >= 0.6 is 15.9 Å². The van der Waals surface area contributed by atoms with Gasteiger partial charge in [-0.2, -0.15) is 0 Å². The molecule has 0 radical (unpaired) electrons. The number of hydrogen-bond donors (Lipinski definition) is 1. The molecule has 1 aliphatic rings. The van der Waals surface area contributed by atoms with E-state index in [0.717, 1.165) is 0 Å². The Morgan fingerprint density at radius 2 is 1.88 bits per heavy atom. The van der Waals surface area contributed by atoms with Crippen molar-refractivity contribution in [1.29, 1.82) is 0 Å². The van der Waals surface area contributed by atoms with Crippen LogP contribution in [-0.2, 0) is 0 Å². The second-order valence-corrected chi connectivity index (χ2v) is 5.58. The highest BCUT2D eigenvalue weighted by Gasteiger charge is 2.22. The molecule has 0 bridgehead atoms. The van der Waals surface area contributed by atoms with Gasteiger partial charge in [0.15, 0.2) is 0 Å². The van der Waals surface area contributed by atoms with Gasteiger partial charge in [0.05, 0.1) is 10.2 Å². The minimum Gasteiger partial charge on any atom is -0.380 e. The zero-order valence-electron chi connectivity index (χ0n) is 9.77. The van der Waals surface area contributed by atoms with Crippen LogP contribution in [0.5, 0.6) is 0 Å². The number of benzene rings is 1. The van der Waals surface area contributed by atoms with Gasteiger partial charge in [0.25, 0.3) is 0 Å². The number of hydrogen-bond acceptors (Lipinski definition) is 1. The third-order valence-electron chi connectivity index (χ3n) is 3.50. The van der Waals surface area contributed by atoms with E-state index in [2.05, 4.69) is 21.2 Å². The second kappa shape index (κ2) is 5.34. The van der Waals surface area contributed by atoms with Crippen molar-refractivity contribution in [1.82, 2.24) is 0 Å². The van der Waals surface area contributed by atoms with Gasteiger partial charge in [-0.3, -0.25) is 0 Å². The Bertz CT molecular complexity index is 403. The summed E-state index contributed by atoms with van der Waals surface area (Å²) in [6.45, 7) is 2.04. The van der Waals surface area contributed by atoms with Gasteiger partial charge < -0.3 is 5.32 Å². The second-order valence-electron chi connectivity index (χ2n) is 4.72. The molecular weight excluding hydrogens is 288 g/mol. The quantitative estimate of drug-likeness (QED) is 0.797. The lowest BCUT2D eigenvalue weighted by Gasteiger charge is -2.22. The predicted molar refractivity (Wildman–Crippen MR) is 69.1 cm³/mol. The van der Waals surface area contributed by atoms with E-state index in [1.165, 1.54) is 37.8 Å². The molecule has 0 heterocycles. The van der Waals surface area contributed by atoms with E-state index >= 15 is 0 Å². The fourth-order valence-corrected chi connectivity index (χ4v) is 2.77. The highest BCUT2D eigenvalue weighted by atomic mass is 79.9. The van der Waals surface area contributed by atoms with Gasteiger partial charge in [0.1, 0.15) is 11.6 Å². The maximum Gasteiger partial charge on any atom is 0.147 e. The molecule has 1 atom stereocenters. The summed E-state index contributed by atoms with van der Waals surface area (Å²) in [5.41, 5.74) is 0.255. The summed E-state index contributed by atoms with van der Waals surface area (Å²) in [5.74, 6) is -0.281. The van der Waals surface area contributed by atoms with E-state index in [9.17, 15) is 8.78 Å². The number of halogens is 3. The Morgan fingerprint density at radius 1 is 1.24 bits per heavy atom. The van der Waals surface area contributed by atoms with Crippen molar-refractivity contribution in [3.05, 3.63) is 28.2 Å². The van der Waals surface area contributed by atoms with Crippen LogP contribution in [0.4, 0.5) is 14.5 Å². The Kier molecular flexibility index (Phi) is 4.02. The maximum absolute atomic E-state index is 13.6. The van der Waals surface area contributed by atoms with Crippen molar-refractivity contribution in [2.45, 2.75) is 38.6 Å². The van der Waals surface area contributed by atoms with Gasteiger partial charge in [-0.15, -0.1) is 0 Å². The van der Waals surface area contributed by atoms with Gasteiger partial charge >= 0.3 is 0 Å². The summed E-state index contributed by atoms with van der Waals surface area (Å²) < 4.78 is 27.1. The van der Waals surface area contributed by atoms with Crippen molar-refractivity contribution < 1.29 is 8.78 Å². The molecule has 1 N–H and O–H groups in total. The largest absolute Gasteiger partial charge is 0.380 e. The lowest BCUT2D eigenvalue weighted by molar-refractivity contribution is 0.478. The third-order valence-corrected chi connectivity index (χ3v) is 4.11. The molecule has 0 aliphatic heterocycles. The van der Waals surface area contributed by atoms with Crippen LogP contribution in [0.3, 0.4) is 0 Å². The highest BCUT2D eigenvalue weighted by molar-refractivity contribution is 9.10. The van der Waals surface area contributed by atoms with Gasteiger partial charge in [0.2, 0.25) is 0 Å².